The highest BCUT2D eigenvalue weighted by Gasteiger charge is 2.05. The van der Waals surface area contributed by atoms with E-state index in [4.69, 9.17) is 11.6 Å². The summed E-state index contributed by atoms with van der Waals surface area (Å²) in [5, 5.41) is 9.31. The van der Waals surface area contributed by atoms with Gasteiger partial charge in [-0.3, -0.25) is 0 Å². The lowest BCUT2D eigenvalue weighted by molar-refractivity contribution is 0.242. The molecule has 1 N–H and O–H groups in total. The predicted molar refractivity (Wildman–Crippen MR) is 47.7 cm³/mol. The van der Waals surface area contributed by atoms with Crippen LogP contribution < -0.4 is 0 Å². The lowest BCUT2D eigenvalue weighted by Crippen LogP contribution is -1.87. The first-order valence-corrected chi connectivity index (χ1v) is 4.29. The Morgan fingerprint density at radius 2 is 2.36 bits per heavy atom. The van der Waals surface area contributed by atoms with Crippen molar-refractivity contribution >= 4 is 22.9 Å². The summed E-state index contributed by atoms with van der Waals surface area (Å²) in [5.41, 5.74) is 0. The number of aliphatic hydroxyl groups excluding tert-OH is 1. The summed E-state index contributed by atoms with van der Waals surface area (Å²) >= 11 is 7.01. The fourth-order valence-corrected chi connectivity index (χ4v) is 1.68. The monoisotopic (exact) mass is 186 g/mol. The zero-order valence-electron chi connectivity index (χ0n) is 5.97. The van der Waals surface area contributed by atoms with Crippen LogP contribution in [-0.2, 0) is 0 Å². The van der Waals surface area contributed by atoms with Gasteiger partial charge >= 0.3 is 0 Å². The van der Waals surface area contributed by atoms with Gasteiger partial charge in [-0.15, -0.1) is 17.3 Å². The Bertz CT molecular complexity index is 295. The van der Waals surface area contributed by atoms with Crippen molar-refractivity contribution in [2.24, 2.45) is 0 Å². The Morgan fingerprint density at radius 1 is 1.64 bits per heavy atom. The maximum atomic E-state index is 9.31. The van der Waals surface area contributed by atoms with Gasteiger partial charge in [-0.2, -0.15) is 0 Å². The summed E-state index contributed by atoms with van der Waals surface area (Å²) in [6, 6.07) is 3.53. The van der Waals surface area contributed by atoms with Crippen molar-refractivity contribution in [3.05, 3.63) is 21.3 Å². The van der Waals surface area contributed by atoms with Crippen molar-refractivity contribution in [3.8, 4) is 11.8 Å². The smallest absolute Gasteiger partial charge is 0.149 e. The number of rotatable bonds is 1. The maximum absolute atomic E-state index is 9.31. The highest BCUT2D eigenvalue weighted by Crippen LogP contribution is 2.26. The molecule has 0 aromatic carbocycles. The molecule has 1 rings (SSSR count). The number of halogens is 1. The molecule has 0 radical (unpaired) electrons. The lowest BCUT2D eigenvalue weighted by Gasteiger charge is -1.95. The highest BCUT2D eigenvalue weighted by atomic mass is 35.5. The molecule has 0 spiro atoms. The van der Waals surface area contributed by atoms with E-state index in [1.165, 1.54) is 11.3 Å². The molecule has 0 aliphatic heterocycles. The Morgan fingerprint density at radius 3 is 2.82 bits per heavy atom. The standard InChI is InChI=1S/C8H7ClOS/c1-2-3-6(10)7-4-5-8(9)11-7/h4-6,10H,1H3. The topological polar surface area (TPSA) is 20.2 Å². The average molecular weight is 187 g/mol. The fourth-order valence-electron chi connectivity index (χ4n) is 0.683. The van der Waals surface area contributed by atoms with Gasteiger partial charge in [0.05, 0.1) is 4.34 Å². The fraction of sp³-hybridized carbons (Fsp3) is 0.250. The van der Waals surface area contributed by atoms with E-state index in [1.54, 1.807) is 19.1 Å². The summed E-state index contributed by atoms with van der Waals surface area (Å²) in [5.74, 6) is 5.27. The Hall–Kier alpha value is -0.490. The third-order valence-corrected chi connectivity index (χ3v) is 2.43. The molecule has 0 aliphatic carbocycles. The summed E-state index contributed by atoms with van der Waals surface area (Å²) in [6.45, 7) is 1.69. The van der Waals surface area contributed by atoms with Gasteiger partial charge in [0.15, 0.2) is 0 Å². The number of hydrogen-bond donors (Lipinski definition) is 1. The molecule has 0 bridgehead atoms. The highest BCUT2D eigenvalue weighted by molar-refractivity contribution is 7.16. The van der Waals surface area contributed by atoms with Crippen molar-refractivity contribution in [2.75, 3.05) is 0 Å². The molecule has 1 unspecified atom stereocenters. The van der Waals surface area contributed by atoms with Crippen LogP contribution in [-0.4, -0.2) is 5.11 Å². The first-order valence-electron chi connectivity index (χ1n) is 3.09. The van der Waals surface area contributed by atoms with Gasteiger partial charge in [0, 0.05) is 4.88 Å². The Kier molecular flexibility index (Phi) is 2.95. The van der Waals surface area contributed by atoms with Gasteiger partial charge in [-0.1, -0.05) is 17.5 Å². The van der Waals surface area contributed by atoms with Crippen LogP contribution in [0.15, 0.2) is 12.1 Å². The number of thiophene rings is 1. The van der Waals surface area contributed by atoms with Crippen LogP contribution in [0.25, 0.3) is 0 Å². The summed E-state index contributed by atoms with van der Waals surface area (Å²) < 4.78 is 0.678. The Balaban J connectivity index is 2.81. The van der Waals surface area contributed by atoms with Gasteiger partial charge < -0.3 is 5.11 Å². The van der Waals surface area contributed by atoms with Crippen LogP contribution in [0.5, 0.6) is 0 Å². The molecular formula is C8H7ClOS. The van der Waals surface area contributed by atoms with Gasteiger partial charge in [-0.25, -0.2) is 0 Å². The molecule has 3 heteroatoms. The predicted octanol–water partition coefficient (Wildman–Crippen LogP) is 2.46. The van der Waals surface area contributed by atoms with E-state index in [2.05, 4.69) is 11.8 Å². The molecule has 0 saturated carbocycles. The SMILES string of the molecule is CC#CC(O)c1ccc(Cl)s1. The van der Waals surface area contributed by atoms with E-state index in [-0.39, 0.29) is 0 Å². The van der Waals surface area contributed by atoms with Crippen LogP contribution in [0.2, 0.25) is 4.34 Å². The second-order valence-corrected chi connectivity index (χ2v) is 3.69. The minimum Gasteiger partial charge on any atom is -0.375 e. The van der Waals surface area contributed by atoms with Crippen molar-refractivity contribution in [2.45, 2.75) is 13.0 Å². The summed E-state index contributed by atoms with van der Waals surface area (Å²) in [6.07, 6.45) is -0.683. The van der Waals surface area contributed by atoms with Gasteiger partial charge in [0.25, 0.3) is 0 Å². The van der Waals surface area contributed by atoms with Crippen LogP contribution in [0.1, 0.15) is 17.9 Å². The first kappa shape index (κ1) is 8.61. The molecule has 0 aliphatic rings. The number of aliphatic hydroxyl groups is 1. The molecule has 0 amide bonds. The summed E-state index contributed by atoms with van der Waals surface area (Å²) in [4.78, 5) is 0.796. The van der Waals surface area contributed by atoms with E-state index in [9.17, 15) is 5.11 Å². The minimum atomic E-state index is -0.683. The molecule has 1 aromatic rings. The van der Waals surface area contributed by atoms with E-state index in [0.717, 1.165) is 4.88 Å². The second kappa shape index (κ2) is 3.77. The molecule has 0 fully saturated rings. The molecule has 1 heterocycles. The van der Waals surface area contributed by atoms with Gasteiger partial charge in [0.2, 0.25) is 0 Å². The normalized spacial score (nSPS) is 11.9. The third kappa shape index (κ3) is 2.23. The van der Waals surface area contributed by atoms with Crippen LogP contribution >= 0.6 is 22.9 Å². The Labute approximate surface area is 74.6 Å². The average Bonchev–Trinajstić information content (AvgIpc) is 2.36. The molecule has 1 atom stereocenters. The lowest BCUT2D eigenvalue weighted by atomic mass is 10.3. The minimum absolute atomic E-state index is 0.678. The molecule has 1 nitrogen and oxygen atoms in total. The zero-order chi connectivity index (χ0) is 8.27. The third-order valence-electron chi connectivity index (χ3n) is 1.14. The van der Waals surface area contributed by atoms with Crippen molar-refractivity contribution in [3.63, 3.8) is 0 Å². The van der Waals surface area contributed by atoms with Gasteiger partial charge in [-0.05, 0) is 19.1 Å². The largest absolute Gasteiger partial charge is 0.375 e. The van der Waals surface area contributed by atoms with E-state index in [0.29, 0.717) is 4.34 Å². The van der Waals surface area contributed by atoms with Crippen LogP contribution in [0.3, 0.4) is 0 Å². The van der Waals surface area contributed by atoms with Crippen molar-refractivity contribution < 1.29 is 5.11 Å². The number of hydrogen-bond acceptors (Lipinski definition) is 2. The zero-order valence-corrected chi connectivity index (χ0v) is 7.54. The van der Waals surface area contributed by atoms with E-state index >= 15 is 0 Å². The second-order valence-electron chi connectivity index (χ2n) is 1.94. The molecule has 0 saturated heterocycles. The molecule has 58 valence electrons. The van der Waals surface area contributed by atoms with Crippen LogP contribution in [0, 0.1) is 11.8 Å². The maximum Gasteiger partial charge on any atom is 0.149 e. The quantitative estimate of drug-likeness (QED) is 0.669. The van der Waals surface area contributed by atoms with Gasteiger partial charge in [0.1, 0.15) is 6.10 Å². The van der Waals surface area contributed by atoms with Crippen molar-refractivity contribution in [1.29, 1.82) is 0 Å². The van der Waals surface area contributed by atoms with E-state index in [1.807, 2.05) is 0 Å². The first-order chi connectivity index (χ1) is 5.24. The van der Waals surface area contributed by atoms with E-state index < -0.39 is 6.10 Å². The van der Waals surface area contributed by atoms with Crippen LogP contribution in [0.4, 0.5) is 0 Å². The van der Waals surface area contributed by atoms with Crippen molar-refractivity contribution in [1.82, 2.24) is 0 Å². The summed E-state index contributed by atoms with van der Waals surface area (Å²) in [7, 11) is 0. The molecule has 1 aromatic heterocycles. The molecule has 11 heavy (non-hydrogen) atoms. The molecular weight excluding hydrogens is 180 g/mol.